The molecule has 1 aromatic rings. The number of carbonyl (C=O) groups excluding carboxylic acids is 1. The first-order chi connectivity index (χ1) is 10.2. The molecule has 2 N–H and O–H groups in total. The highest BCUT2D eigenvalue weighted by atomic mass is 16.5. The number of aliphatic hydroxyl groups is 1. The van der Waals surface area contributed by atoms with E-state index in [0.717, 1.165) is 36.8 Å². The number of hydrogen-bond donors (Lipinski definition) is 2. The van der Waals surface area contributed by atoms with Gasteiger partial charge in [0.25, 0.3) is 5.91 Å². The Morgan fingerprint density at radius 3 is 2.95 bits per heavy atom. The second-order valence-electron chi connectivity index (χ2n) is 5.66. The predicted octanol–water partition coefficient (Wildman–Crippen LogP) is 1.34. The summed E-state index contributed by atoms with van der Waals surface area (Å²) in [5, 5.41) is 12.7. The second-order valence-corrected chi connectivity index (χ2v) is 5.66. The van der Waals surface area contributed by atoms with Crippen LogP contribution in [0.5, 0.6) is 5.75 Å². The topological polar surface area (TPSA) is 67.8 Å². The van der Waals surface area contributed by atoms with Crippen molar-refractivity contribution in [1.29, 1.82) is 0 Å². The van der Waals surface area contributed by atoms with Crippen LogP contribution in [0.1, 0.15) is 36.5 Å². The summed E-state index contributed by atoms with van der Waals surface area (Å²) in [7, 11) is 0. The third-order valence-electron chi connectivity index (χ3n) is 4.12. The van der Waals surface area contributed by atoms with Gasteiger partial charge in [0.2, 0.25) is 0 Å². The molecule has 0 radical (unpaired) electrons. The minimum Gasteiger partial charge on any atom is -0.484 e. The Balaban J connectivity index is 1.49. The van der Waals surface area contributed by atoms with E-state index in [-0.39, 0.29) is 24.7 Å². The summed E-state index contributed by atoms with van der Waals surface area (Å²) in [4.78, 5) is 11.9. The van der Waals surface area contributed by atoms with Crippen LogP contribution in [0.3, 0.4) is 0 Å². The molecular weight excluding hydrogens is 270 g/mol. The molecule has 1 atom stereocenters. The third kappa shape index (κ3) is 3.54. The van der Waals surface area contributed by atoms with E-state index < -0.39 is 0 Å². The molecule has 0 spiro atoms. The van der Waals surface area contributed by atoms with E-state index in [9.17, 15) is 9.90 Å². The van der Waals surface area contributed by atoms with Crippen LogP contribution in [-0.2, 0) is 16.0 Å². The molecule has 1 heterocycles. The minimum absolute atomic E-state index is 0.0265. The van der Waals surface area contributed by atoms with Crippen molar-refractivity contribution >= 4 is 5.91 Å². The quantitative estimate of drug-likeness (QED) is 0.878. The Bertz CT molecular complexity index is 511. The standard InChI is InChI=1S/C16H21NO4/c18-15-4-1-11-9-13(2-3-14(11)15)21-10-16(19)17-12-5-7-20-8-6-12/h2-3,9,12,15,18H,1,4-8,10H2,(H,17,19). The predicted molar refractivity (Wildman–Crippen MR) is 77.2 cm³/mol. The monoisotopic (exact) mass is 291 g/mol. The van der Waals surface area contributed by atoms with Crippen molar-refractivity contribution in [2.75, 3.05) is 19.8 Å². The fraction of sp³-hybridized carbons (Fsp3) is 0.562. The van der Waals surface area contributed by atoms with Crippen molar-refractivity contribution in [2.45, 2.75) is 37.8 Å². The molecule has 1 unspecified atom stereocenters. The summed E-state index contributed by atoms with van der Waals surface area (Å²) in [6.45, 7) is 1.44. The number of carbonyl (C=O) groups is 1. The van der Waals surface area contributed by atoms with Gasteiger partial charge in [-0.05, 0) is 48.9 Å². The van der Waals surface area contributed by atoms with E-state index >= 15 is 0 Å². The van der Waals surface area contributed by atoms with Crippen molar-refractivity contribution in [3.8, 4) is 5.75 Å². The highest BCUT2D eigenvalue weighted by Crippen LogP contribution is 2.33. The van der Waals surface area contributed by atoms with Gasteiger partial charge in [-0.25, -0.2) is 0 Å². The summed E-state index contributed by atoms with van der Waals surface area (Å²) in [6.07, 6.45) is 3.00. The Kier molecular flexibility index (Phi) is 4.41. The highest BCUT2D eigenvalue weighted by Gasteiger charge is 2.21. The molecular formula is C16H21NO4. The third-order valence-corrected chi connectivity index (χ3v) is 4.12. The van der Waals surface area contributed by atoms with Gasteiger partial charge >= 0.3 is 0 Å². The highest BCUT2D eigenvalue weighted by molar-refractivity contribution is 5.77. The summed E-state index contributed by atoms with van der Waals surface area (Å²) in [5.41, 5.74) is 2.10. The normalized spacial score (nSPS) is 21.9. The van der Waals surface area contributed by atoms with Crippen LogP contribution in [0.2, 0.25) is 0 Å². The van der Waals surface area contributed by atoms with Crippen LogP contribution in [-0.4, -0.2) is 36.9 Å². The molecule has 3 rings (SSSR count). The van der Waals surface area contributed by atoms with E-state index in [1.807, 2.05) is 18.2 Å². The lowest BCUT2D eigenvalue weighted by Crippen LogP contribution is -2.41. The maximum atomic E-state index is 11.9. The summed E-state index contributed by atoms with van der Waals surface area (Å²) >= 11 is 0. The molecule has 1 aliphatic carbocycles. The van der Waals surface area contributed by atoms with Gasteiger partial charge < -0.3 is 19.9 Å². The molecule has 1 amide bonds. The molecule has 5 nitrogen and oxygen atoms in total. The lowest BCUT2D eigenvalue weighted by Gasteiger charge is -2.23. The van der Waals surface area contributed by atoms with E-state index in [1.54, 1.807) is 0 Å². The first-order valence-corrected chi connectivity index (χ1v) is 7.53. The number of amides is 1. The van der Waals surface area contributed by atoms with Crippen LogP contribution in [0.25, 0.3) is 0 Å². The average molecular weight is 291 g/mol. The maximum Gasteiger partial charge on any atom is 0.258 e. The van der Waals surface area contributed by atoms with Gasteiger partial charge in [0.15, 0.2) is 6.61 Å². The van der Waals surface area contributed by atoms with E-state index in [4.69, 9.17) is 9.47 Å². The first-order valence-electron chi connectivity index (χ1n) is 7.53. The Hall–Kier alpha value is -1.59. The Morgan fingerprint density at radius 1 is 1.33 bits per heavy atom. The zero-order chi connectivity index (χ0) is 14.7. The van der Waals surface area contributed by atoms with E-state index in [2.05, 4.69) is 5.32 Å². The number of rotatable bonds is 4. The number of hydrogen-bond acceptors (Lipinski definition) is 4. The number of fused-ring (bicyclic) bond motifs is 1. The lowest BCUT2D eigenvalue weighted by molar-refractivity contribution is -0.124. The average Bonchev–Trinajstić information content (AvgIpc) is 2.87. The summed E-state index contributed by atoms with van der Waals surface area (Å²) in [6, 6.07) is 5.83. The van der Waals surface area contributed by atoms with Crippen LogP contribution < -0.4 is 10.1 Å². The van der Waals surface area contributed by atoms with Crippen LogP contribution in [0.15, 0.2) is 18.2 Å². The first kappa shape index (κ1) is 14.4. The zero-order valence-corrected chi connectivity index (χ0v) is 12.0. The fourth-order valence-electron chi connectivity index (χ4n) is 2.92. The minimum atomic E-state index is -0.356. The van der Waals surface area contributed by atoms with Gasteiger partial charge in [-0.15, -0.1) is 0 Å². The maximum absolute atomic E-state index is 11.9. The van der Waals surface area contributed by atoms with E-state index in [1.165, 1.54) is 0 Å². The van der Waals surface area contributed by atoms with Crippen molar-refractivity contribution in [3.63, 3.8) is 0 Å². The Labute approximate surface area is 124 Å². The van der Waals surface area contributed by atoms with Crippen LogP contribution in [0.4, 0.5) is 0 Å². The molecule has 1 saturated heterocycles. The summed E-state index contributed by atoms with van der Waals surface area (Å²) < 4.78 is 10.8. The van der Waals surface area contributed by atoms with Gasteiger partial charge in [-0.3, -0.25) is 4.79 Å². The van der Waals surface area contributed by atoms with Crippen molar-refractivity contribution in [2.24, 2.45) is 0 Å². The van der Waals surface area contributed by atoms with Gasteiger partial charge in [-0.1, -0.05) is 6.07 Å². The van der Waals surface area contributed by atoms with Gasteiger partial charge in [0, 0.05) is 19.3 Å². The van der Waals surface area contributed by atoms with Crippen molar-refractivity contribution in [1.82, 2.24) is 5.32 Å². The van der Waals surface area contributed by atoms with Crippen LogP contribution in [0, 0.1) is 0 Å². The second kappa shape index (κ2) is 6.45. The molecule has 5 heteroatoms. The number of benzene rings is 1. The largest absolute Gasteiger partial charge is 0.484 e. The van der Waals surface area contributed by atoms with Crippen molar-refractivity contribution < 1.29 is 19.4 Å². The SMILES string of the molecule is O=C(COc1ccc2c(c1)CCC2O)NC1CCOCC1. The zero-order valence-electron chi connectivity index (χ0n) is 12.0. The van der Waals surface area contributed by atoms with Gasteiger partial charge in [-0.2, -0.15) is 0 Å². The number of ether oxygens (including phenoxy) is 2. The molecule has 0 aromatic heterocycles. The lowest BCUT2D eigenvalue weighted by atomic mass is 10.1. The van der Waals surface area contributed by atoms with Crippen molar-refractivity contribution in [3.05, 3.63) is 29.3 Å². The molecule has 1 aromatic carbocycles. The van der Waals surface area contributed by atoms with Gasteiger partial charge in [0.1, 0.15) is 5.75 Å². The number of aliphatic hydroxyl groups excluding tert-OH is 1. The molecule has 21 heavy (non-hydrogen) atoms. The number of nitrogens with one attached hydrogen (secondary N) is 1. The van der Waals surface area contributed by atoms with Crippen LogP contribution >= 0.6 is 0 Å². The Morgan fingerprint density at radius 2 is 2.14 bits per heavy atom. The van der Waals surface area contributed by atoms with E-state index in [0.29, 0.717) is 19.0 Å². The summed E-state index contributed by atoms with van der Waals surface area (Å²) in [5.74, 6) is 0.590. The molecule has 2 aliphatic rings. The van der Waals surface area contributed by atoms with Gasteiger partial charge in [0.05, 0.1) is 6.10 Å². The fourth-order valence-corrected chi connectivity index (χ4v) is 2.92. The molecule has 1 fully saturated rings. The smallest absolute Gasteiger partial charge is 0.258 e. The number of aryl methyl sites for hydroxylation is 1. The molecule has 0 bridgehead atoms. The molecule has 0 saturated carbocycles. The molecule has 114 valence electrons. The molecule has 1 aliphatic heterocycles.